The van der Waals surface area contributed by atoms with Crippen LogP contribution in [0.15, 0.2) is 24.3 Å². The zero-order chi connectivity index (χ0) is 15.9. The molecule has 0 amide bonds. The van der Waals surface area contributed by atoms with Gasteiger partial charge in [-0.1, -0.05) is 24.3 Å². The minimum atomic E-state index is 0.0496. The Morgan fingerprint density at radius 3 is 1.67 bits per heavy atom. The van der Waals surface area contributed by atoms with Crippen molar-refractivity contribution >= 4 is 0 Å². The second kappa shape index (κ2) is 14.2. The van der Waals surface area contributed by atoms with Gasteiger partial charge in [0.15, 0.2) is 0 Å². The predicted molar refractivity (Wildman–Crippen MR) is 85.6 cm³/mol. The van der Waals surface area contributed by atoms with Gasteiger partial charge in [0.2, 0.25) is 0 Å². The molecule has 0 radical (unpaired) electrons. The molecule has 5 heteroatoms. The molecule has 0 aromatic rings. The Morgan fingerprint density at radius 1 is 0.810 bits per heavy atom. The molecule has 0 saturated heterocycles. The van der Waals surface area contributed by atoms with E-state index in [-0.39, 0.29) is 6.61 Å². The summed E-state index contributed by atoms with van der Waals surface area (Å²) < 4.78 is 16.0. The maximum absolute atomic E-state index is 8.52. The van der Waals surface area contributed by atoms with Gasteiger partial charge in [-0.2, -0.15) is 0 Å². The number of hydrogen-bond donors (Lipinski definition) is 1. The van der Waals surface area contributed by atoms with Crippen LogP contribution in [0.3, 0.4) is 0 Å². The summed E-state index contributed by atoms with van der Waals surface area (Å²) >= 11 is 0. The number of hydrogen-bond acceptors (Lipinski definition) is 5. The van der Waals surface area contributed by atoms with Crippen molar-refractivity contribution in [2.75, 3.05) is 65.9 Å². The third-order valence-corrected chi connectivity index (χ3v) is 2.52. The van der Waals surface area contributed by atoms with Crippen molar-refractivity contribution in [3.63, 3.8) is 0 Å². The Balaban J connectivity index is 3.48. The number of ether oxygens (including phenoxy) is 3. The summed E-state index contributed by atoms with van der Waals surface area (Å²) in [6, 6.07) is 0. The molecule has 0 atom stereocenters. The van der Waals surface area contributed by atoms with Crippen molar-refractivity contribution in [3.05, 3.63) is 24.3 Å². The van der Waals surface area contributed by atoms with Gasteiger partial charge >= 0.3 is 0 Å². The van der Waals surface area contributed by atoms with Gasteiger partial charge in [-0.05, 0) is 13.8 Å². The number of rotatable bonds is 15. The molecule has 0 aromatic carbocycles. The molecule has 0 unspecified atom stereocenters. The van der Waals surface area contributed by atoms with Gasteiger partial charge in [-0.25, -0.2) is 0 Å². The second-order valence-electron chi connectivity index (χ2n) is 5.19. The second-order valence-corrected chi connectivity index (χ2v) is 5.19. The number of aliphatic hydroxyl groups is 1. The van der Waals surface area contributed by atoms with Crippen LogP contribution in [0.5, 0.6) is 0 Å². The molecule has 0 heterocycles. The Morgan fingerprint density at radius 2 is 1.24 bits per heavy atom. The third-order valence-electron chi connectivity index (χ3n) is 2.52. The predicted octanol–water partition coefficient (Wildman–Crippen LogP) is 1.48. The van der Waals surface area contributed by atoms with E-state index in [4.69, 9.17) is 19.3 Å². The molecule has 0 fully saturated rings. The van der Waals surface area contributed by atoms with Crippen molar-refractivity contribution in [1.29, 1.82) is 0 Å². The normalized spacial score (nSPS) is 11.0. The van der Waals surface area contributed by atoms with Crippen molar-refractivity contribution in [1.82, 2.24) is 4.90 Å². The van der Waals surface area contributed by atoms with Crippen molar-refractivity contribution in [2.45, 2.75) is 13.8 Å². The monoisotopic (exact) mass is 301 g/mol. The average Bonchev–Trinajstić information content (AvgIpc) is 2.39. The highest BCUT2D eigenvalue weighted by Crippen LogP contribution is 2.00. The zero-order valence-corrected chi connectivity index (χ0v) is 13.6. The summed E-state index contributed by atoms with van der Waals surface area (Å²) in [4.78, 5) is 2.27. The highest BCUT2D eigenvalue weighted by Gasteiger charge is 2.05. The molecule has 0 saturated carbocycles. The molecule has 0 spiro atoms. The highest BCUT2D eigenvalue weighted by molar-refractivity contribution is 4.97. The minimum absolute atomic E-state index is 0.0496. The zero-order valence-electron chi connectivity index (χ0n) is 13.6. The summed E-state index contributed by atoms with van der Waals surface area (Å²) in [5.74, 6) is 0. The Kier molecular flexibility index (Phi) is 13.7. The largest absolute Gasteiger partial charge is 0.394 e. The van der Waals surface area contributed by atoms with Crippen LogP contribution >= 0.6 is 0 Å². The first-order chi connectivity index (χ1) is 10.1. The Hall–Kier alpha value is -0.720. The quantitative estimate of drug-likeness (QED) is 0.367. The molecule has 0 rings (SSSR count). The SMILES string of the molecule is C=C(C)CN(CCOCCOCCOCCO)CC(=C)C. The fourth-order valence-electron chi connectivity index (χ4n) is 1.78. The van der Waals surface area contributed by atoms with E-state index in [0.717, 1.165) is 30.8 Å². The van der Waals surface area contributed by atoms with Gasteiger partial charge in [0.1, 0.15) is 0 Å². The standard InChI is InChI=1S/C16H31NO4/c1-15(2)13-17(14-16(3)4)5-7-19-9-11-21-12-10-20-8-6-18/h18H,1,3,5-14H2,2,4H3. The van der Waals surface area contributed by atoms with E-state index in [1.54, 1.807) is 0 Å². The molecule has 0 aromatic heterocycles. The van der Waals surface area contributed by atoms with Crippen LogP contribution in [0.25, 0.3) is 0 Å². The smallest absolute Gasteiger partial charge is 0.0701 e. The van der Waals surface area contributed by atoms with Crippen LogP contribution in [-0.2, 0) is 14.2 Å². The minimum Gasteiger partial charge on any atom is -0.394 e. The fourth-order valence-corrected chi connectivity index (χ4v) is 1.78. The molecule has 124 valence electrons. The molecule has 0 aliphatic heterocycles. The molecule has 1 N–H and O–H groups in total. The van der Waals surface area contributed by atoms with E-state index in [1.165, 1.54) is 0 Å². The molecule has 21 heavy (non-hydrogen) atoms. The Labute approximate surface area is 129 Å². The van der Waals surface area contributed by atoms with E-state index in [2.05, 4.69) is 18.1 Å². The van der Waals surface area contributed by atoms with Crippen molar-refractivity contribution in [2.24, 2.45) is 0 Å². The van der Waals surface area contributed by atoms with E-state index in [0.29, 0.717) is 39.6 Å². The summed E-state index contributed by atoms with van der Waals surface area (Å²) in [6.45, 7) is 17.8. The van der Waals surface area contributed by atoms with E-state index in [9.17, 15) is 0 Å². The summed E-state index contributed by atoms with van der Waals surface area (Å²) in [6.07, 6.45) is 0. The molecule has 5 nitrogen and oxygen atoms in total. The van der Waals surface area contributed by atoms with Gasteiger partial charge in [0.05, 0.1) is 46.2 Å². The van der Waals surface area contributed by atoms with Crippen LogP contribution in [-0.4, -0.2) is 75.9 Å². The molecular formula is C16H31NO4. The van der Waals surface area contributed by atoms with Crippen molar-refractivity contribution in [3.8, 4) is 0 Å². The van der Waals surface area contributed by atoms with Crippen LogP contribution in [0.1, 0.15) is 13.8 Å². The van der Waals surface area contributed by atoms with E-state index >= 15 is 0 Å². The molecule has 0 aliphatic rings. The first kappa shape index (κ1) is 20.3. The molecule has 0 aliphatic carbocycles. The highest BCUT2D eigenvalue weighted by atomic mass is 16.5. The lowest BCUT2D eigenvalue weighted by atomic mass is 10.2. The number of aliphatic hydroxyl groups excluding tert-OH is 1. The van der Waals surface area contributed by atoms with E-state index < -0.39 is 0 Å². The van der Waals surface area contributed by atoms with Gasteiger partial charge in [-0.3, -0.25) is 4.90 Å². The average molecular weight is 301 g/mol. The maximum atomic E-state index is 8.52. The van der Waals surface area contributed by atoms with E-state index in [1.807, 2.05) is 13.8 Å². The third kappa shape index (κ3) is 15.5. The molecular weight excluding hydrogens is 270 g/mol. The van der Waals surface area contributed by atoms with Crippen LogP contribution in [0.2, 0.25) is 0 Å². The van der Waals surface area contributed by atoms with Gasteiger partial charge < -0.3 is 19.3 Å². The van der Waals surface area contributed by atoms with Crippen LogP contribution in [0.4, 0.5) is 0 Å². The summed E-state index contributed by atoms with van der Waals surface area (Å²) in [5.41, 5.74) is 2.28. The lowest BCUT2D eigenvalue weighted by Crippen LogP contribution is -2.31. The topological polar surface area (TPSA) is 51.2 Å². The lowest BCUT2D eigenvalue weighted by Gasteiger charge is -2.22. The Bertz CT molecular complexity index is 265. The summed E-state index contributed by atoms with van der Waals surface area (Å²) in [7, 11) is 0. The fraction of sp³-hybridized carbons (Fsp3) is 0.750. The lowest BCUT2D eigenvalue weighted by molar-refractivity contribution is 0.00516. The maximum Gasteiger partial charge on any atom is 0.0701 e. The molecule has 0 bridgehead atoms. The first-order valence-corrected chi connectivity index (χ1v) is 7.41. The van der Waals surface area contributed by atoms with Crippen LogP contribution in [0, 0.1) is 0 Å². The van der Waals surface area contributed by atoms with Crippen LogP contribution < -0.4 is 0 Å². The van der Waals surface area contributed by atoms with Crippen molar-refractivity contribution < 1.29 is 19.3 Å². The number of nitrogens with zero attached hydrogens (tertiary/aromatic N) is 1. The van der Waals surface area contributed by atoms with Gasteiger partial charge in [0.25, 0.3) is 0 Å². The van der Waals surface area contributed by atoms with Gasteiger partial charge in [0, 0.05) is 19.6 Å². The summed E-state index contributed by atoms with van der Waals surface area (Å²) in [5, 5.41) is 8.52. The van der Waals surface area contributed by atoms with Gasteiger partial charge in [-0.15, -0.1) is 0 Å². The first-order valence-electron chi connectivity index (χ1n) is 7.41.